The van der Waals surface area contributed by atoms with Crippen LogP contribution in [0.4, 0.5) is 0 Å². The Kier molecular flexibility index (Phi) is 16.9. The molecule has 0 rings (SSSR count). The van der Waals surface area contributed by atoms with Crippen LogP contribution in [0.3, 0.4) is 0 Å². The SMILES string of the molecule is CCCCCCCCCC(I)(CCCCC)C(CC(=O)O)(C(=O)O)S(=O)(=O)O.[NaH]. The van der Waals surface area contributed by atoms with Crippen molar-refractivity contribution in [2.45, 2.75) is 105 Å². The Morgan fingerprint density at radius 1 is 0.828 bits per heavy atom. The van der Waals surface area contributed by atoms with Crippen molar-refractivity contribution in [2.75, 3.05) is 0 Å². The van der Waals surface area contributed by atoms with Gasteiger partial charge in [-0.1, -0.05) is 101 Å². The number of hydrogen-bond donors (Lipinski definition) is 3. The van der Waals surface area contributed by atoms with E-state index in [9.17, 15) is 32.8 Å². The first kappa shape index (κ1) is 31.8. The molecule has 0 fully saturated rings. The van der Waals surface area contributed by atoms with Gasteiger partial charge < -0.3 is 10.2 Å². The molecule has 2 unspecified atom stereocenters. The zero-order chi connectivity index (χ0) is 21.8. The van der Waals surface area contributed by atoms with Gasteiger partial charge in [0.2, 0.25) is 4.75 Å². The summed E-state index contributed by atoms with van der Waals surface area (Å²) in [5, 5.41) is 19.0. The van der Waals surface area contributed by atoms with E-state index in [1.165, 1.54) is 0 Å². The third-order valence-corrected chi connectivity index (χ3v) is 9.22. The van der Waals surface area contributed by atoms with Crippen LogP contribution >= 0.6 is 22.6 Å². The number of rotatable bonds is 17. The molecule has 0 saturated heterocycles. The molecule has 0 aliphatic heterocycles. The summed E-state index contributed by atoms with van der Waals surface area (Å²) in [5.74, 6) is -3.36. The Hall–Kier alpha value is 0.580. The average Bonchev–Trinajstić information content (AvgIpc) is 2.57. The van der Waals surface area contributed by atoms with Gasteiger partial charge in [-0.05, 0) is 12.8 Å². The molecule has 0 spiro atoms. The normalized spacial score (nSPS) is 15.7. The summed E-state index contributed by atoms with van der Waals surface area (Å²) in [5.41, 5.74) is 0. The number of hydrogen-bond acceptors (Lipinski definition) is 4. The molecule has 0 saturated carbocycles. The van der Waals surface area contributed by atoms with Gasteiger partial charge in [-0.3, -0.25) is 14.1 Å². The van der Waals surface area contributed by atoms with E-state index in [0.717, 1.165) is 51.4 Å². The molecule has 0 radical (unpaired) electrons. The third kappa shape index (κ3) is 9.72. The Morgan fingerprint density at radius 2 is 1.21 bits per heavy atom. The fourth-order valence-corrected chi connectivity index (χ4v) is 6.83. The quantitative estimate of drug-likeness (QED) is 0.0793. The molecular formula is C19H36INaO7S. The first-order valence-corrected chi connectivity index (χ1v) is 12.6. The van der Waals surface area contributed by atoms with E-state index in [0.29, 0.717) is 12.8 Å². The topological polar surface area (TPSA) is 129 Å². The van der Waals surface area contributed by atoms with Gasteiger partial charge in [-0.15, -0.1) is 0 Å². The monoisotopic (exact) mass is 558 g/mol. The van der Waals surface area contributed by atoms with Crippen LogP contribution in [0.25, 0.3) is 0 Å². The van der Waals surface area contributed by atoms with Crippen LogP contribution in [0.5, 0.6) is 0 Å². The predicted octanol–water partition coefficient (Wildman–Crippen LogP) is 4.42. The van der Waals surface area contributed by atoms with Gasteiger partial charge in [0, 0.05) is 0 Å². The molecule has 0 amide bonds. The summed E-state index contributed by atoms with van der Waals surface area (Å²) < 4.78 is 30.1. The van der Waals surface area contributed by atoms with Crippen molar-refractivity contribution < 1.29 is 32.8 Å². The first-order chi connectivity index (χ1) is 13.0. The van der Waals surface area contributed by atoms with Crippen molar-refractivity contribution in [1.29, 1.82) is 0 Å². The second kappa shape index (κ2) is 15.4. The van der Waals surface area contributed by atoms with Gasteiger partial charge >= 0.3 is 41.5 Å². The predicted molar refractivity (Wildman–Crippen MR) is 125 cm³/mol. The fraction of sp³-hybridized carbons (Fsp3) is 0.895. The van der Waals surface area contributed by atoms with Gasteiger partial charge in [-0.2, -0.15) is 8.42 Å². The van der Waals surface area contributed by atoms with Crippen LogP contribution < -0.4 is 0 Å². The number of halogens is 1. The van der Waals surface area contributed by atoms with Crippen molar-refractivity contribution in [1.82, 2.24) is 0 Å². The van der Waals surface area contributed by atoms with Crippen LogP contribution in [-0.4, -0.2) is 72.8 Å². The summed E-state index contributed by atoms with van der Waals surface area (Å²) >= 11 is 1.79. The van der Waals surface area contributed by atoms with E-state index in [1.807, 2.05) is 6.92 Å². The Bertz CT molecular complexity index is 599. The zero-order valence-electron chi connectivity index (χ0n) is 17.0. The number of aliphatic carboxylic acids is 2. The third-order valence-electron chi connectivity index (χ3n) is 5.26. The number of carboxylic acid groups (broad SMARTS) is 2. The summed E-state index contributed by atoms with van der Waals surface area (Å²) in [7, 11) is -5.16. The number of unbranched alkanes of at least 4 members (excludes halogenated alkanes) is 8. The van der Waals surface area contributed by atoms with Gasteiger partial charge in [0.05, 0.1) is 9.84 Å². The van der Waals surface area contributed by atoms with Gasteiger partial charge in [-0.25, -0.2) is 0 Å². The molecule has 0 bridgehead atoms. The molecule has 0 heterocycles. The second-order valence-corrected chi connectivity index (χ2v) is 11.2. The van der Waals surface area contributed by atoms with Crippen molar-refractivity contribution in [3.05, 3.63) is 0 Å². The molecule has 7 nitrogen and oxygen atoms in total. The van der Waals surface area contributed by atoms with Crippen molar-refractivity contribution in [3.8, 4) is 0 Å². The van der Waals surface area contributed by atoms with Gasteiger partial charge in [0.15, 0.2) is 0 Å². The van der Waals surface area contributed by atoms with E-state index in [4.69, 9.17) is 0 Å². The molecule has 0 aromatic rings. The fourth-order valence-electron chi connectivity index (χ4n) is 3.62. The molecule has 0 aromatic heterocycles. The maximum absolute atomic E-state index is 12.2. The van der Waals surface area contributed by atoms with E-state index < -0.39 is 36.6 Å². The first-order valence-electron chi connectivity index (χ1n) is 10.1. The summed E-state index contributed by atoms with van der Waals surface area (Å²) in [4.78, 5) is 23.5. The molecule has 0 aliphatic rings. The van der Waals surface area contributed by atoms with Crippen LogP contribution in [-0.2, 0) is 19.7 Å². The number of alkyl halides is 1. The van der Waals surface area contributed by atoms with Crippen LogP contribution in [0, 0.1) is 0 Å². The molecule has 29 heavy (non-hydrogen) atoms. The average molecular weight is 558 g/mol. The van der Waals surface area contributed by atoms with Crippen LogP contribution in [0.2, 0.25) is 0 Å². The molecule has 0 aliphatic carbocycles. The Morgan fingerprint density at radius 3 is 1.59 bits per heavy atom. The van der Waals surface area contributed by atoms with E-state index in [2.05, 4.69) is 6.92 Å². The molecule has 3 N–H and O–H groups in total. The molecule has 168 valence electrons. The summed E-state index contributed by atoms with van der Waals surface area (Å²) in [6.07, 6.45) is 8.35. The van der Waals surface area contributed by atoms with Crippen LogP contribution in [0.15, 0.2) is 0 Å². The minimum atomic E-state index is -5.16. The van der Waals surface area contributed by atoms with E-state index >= 15 is 0 Å². The summed E-state index contributed by atoms with van der Waals surface area (Å²) in [6.45, 7) is 4.10. The van der Waals surface area contributed by atoms with Crippen molar-refractivity contribution >= 4 is 74.2 Å². The molecule has 2 atom stereocenters. The minimum absolute atomic E-state index is 0. The Balaban J connectivity index is 0. The standard InChI is InChI=1S/C19H35IO7S.Na.H/c1-3-5-7-8-9-10-12-14-18(20,13-11-6-4-2)19(17(23)24,15-16(21)22)28(25,26)27;;/h3-15H2,1-2H3,(H,21,22)(H,23,24)(H,25,26,27);;. The molecule has 10 heteroatoms. The van der Waals surface area contributed by atoms with Crippen molar-refractivity contribution in [3.63, 3.8) is 0 Å². The maximum atomic E-state index is 12.2. The second-order valence-electron chi connectivity index (χ2n) is 7.47. The molecular weight excluding hydrogens is 522 g/mol. The number of carboxylic acids is 2. The zero-order valence-corrected chi connectivity index (χ0v) is 19.9. The van der Waals surface area contributed by atoms with Crippen molar-refractivity contribution in [2.24, 2.45) is 0 Å². The van der Waals surface area contributed by atoms with Gasteiger partial charge in [0.1, 0.15) is 0 Å². The van der Waals surface area contributed by atoms with Gasteiger partial charge in [0.25, 0.3) is 10.1 Å². The molecule has 0 aromatic carbocycles. The van der Waals surface area contributed by atoms with E-state index in [1.54, 1.807) is 22.6 Å². The summed E-state index contributed by atoms with van der Waals surface area (Å²) in [6, 6.07) is 0. The Labute approximate surface area is 211 Å². The van der Waals surface area contributed by atoms with E-state index in [-0.39, 0.29) is 42.4 Å². The van der Waals surface area contributed by atoms with Crippen LogP contribution in [0.1, 0.15) is 97.3 Å². The number of carbonyl (C=O) groups is 2.